The fourth-order valence-corrected chi connectivity index (χ4v) is 2.28. The first-order valence-electron chi connectivity index (χ1n) is 5.52. The maximum atomic E-state index is 13.6. The molecule has 5 heteroatoms. The first kappa shape index (κ1) is 14.4. The van der Waals surface area contributed by atoms with Gasteiger partial charge in [-0.15, -0.1) is 11.6 Å². The highest BCUT2D eigenvalue weighted by Gasteiger charge is 2.10. The van der Waals surface area contributed by atoms with Crippen LogP contribution in [0.2, 0.25) is 10.0 Å². The molecule has 0 aliphatic rings. The van der Waals surface area contributed by atoms with Crippen molar-refractivity contribution in [1.82, 2.24) is 0 Å². The van der Waals surface area contributed by atoms with E-state index >= 15 is 0 Å². The number of halogens is 4. The molecule has 0 unspecified atom stereocenters. The molecule has 0 atom stereocenters. The van der Waals surface area contributed by atoms with E-state index in [4.69, 9.17) is 39.5 Å². The summed E-state index contributed by atoms with van der Waals surface area (Å²) < 4.78 is 19.1. The highest BCUT2D eigenvalue weighted by atomic mass is 35.5. The third-order valence-electron chi connectivity index (χ3n) is 2.57. The summed E-state index contributed by atoms with van der Waals surface area (Å²) in [6.07, 6.45) is 0. The van der Waals surface area contributed by atoms with Gasteiger partial charge in [-0.25, -0.2) is 4.39 Å². The Bertz CT molecular complexity index is 587. The van der Waals surface area contributed by atoms with E-state index in [1.54, 1.807) is 12.1 Å². The lowest BCUT2D eigenvalue weighted by molar-refractivity contribution is 0.298. The number of benzene rings is 2. The van der Waals surface area contributed by atoms with Crippen molar-refractivity contribution < 1.29 is 9.13 Å². The van der Waals surface area contributed by atoms with Gasteiger partial charge in [0.2, 0.25) is 0 Å². The molecule has 0 radical (unpaired) electrons. The Hall–Kier alpha value is -0.960. The van der Waals surface area contributed by atoms with Crippen LogP contribution in [0.5, 0.6) is 5.75 Å². The van der Waals surface area contributed by atoms with Gasteiger partial charge < -0.3 is 4.74 Å². The predicted molar refractivity (Wildman–Crippen MR) is 76.8 cm³/mol. The molecule has 1 nitrogen and oxygen atoms in total. The number of para-hydroxylation sites is 1. The lowest BCUT2D eigenvalue weighted by Crippen LogP contribution is -2.01. The van der Waals surface area contributed by atoms with Crippen LogP contribution in [-0.4, -0.2) is 0 Å². The molecule has 0 saturated heterocycles. The normalized spacial score (nSPS) is 10.5. The average Bonchev–Trinajstić information content (AvgIpc) is 2.40. The maximum absolute atomic E-state index is 13.6. The van der Waals surface area contributed by atoms with E-state index < -0.39 is 0 Å². The lowest BCUT2D eigenvalue weighted by atomic mass is 10.2. The minimum atomic E-state index is -0.371. The smallest absolute Gasteiger partial charge is 0.142 e. The van der Waals surface area contributed by atoms with Crippen molar-refractivity contribution in [3.63, 3.8) is 0 Å². The van der Waals surface area contributed by atoms with Crippen LogP contribution >= 0.6 is 34.8 Å². The van der Waals surface area contributed by atoms with Crippen LogP contribution in [0.3, 0.4) is 0 Å². The molecule has 0 aliphatic heterocycles. The van der Waals surface area contributed by atoms with Gasteiger partial charge in [-0.1, -0.05) is 35.3 Å². The molecular weight excluding hydrogens is 310 g/mol. The van der Waals surface area contributed by atoms with Crippen LogP contribution < -0.4 is 4.74 Å². The Morgan fingerprint density at radius 2 is 1.84 bits per heavy atom. The fourth-order valence-electron chi connectivity index (χ4n) is 1.62. The van der Waals surface area contributed by atoms with Gasteiger partial charge in [-0.05, 0) is 24.3 Å². The highest BCUT2D eigenvalue weighted by molar-refractivity contribution is 6.32. The molecule has 0 heterocycles. The van der Waals surface area contributed by atoms with Crippen LogP contribution in [-0.2, 0) is 12.5 Å². The number of alkyl halides is 1. The molecule has 100 valence electrons. The molecule has 0 aromatic heterocycles. The van der Waals surface area contributed by atoms with Crippen LogP contribution in [0.25, 0.3) is 0 Å². The third-order valence-corrected chi connectivity index (χ3v) is 3.39. The van der Waals surface area contributed by atoms with E-state index in [0.717, 1.165) is 5.56 Å². The summed E-state index contributed by atoms with van der Waals surface area (Å²) in [7, 11) is 0. The Labute approximate surface area is 125 Å². The minimum Gasteiger partial charge on any atom is -0.487 e. The second-order valence-corrected chi connectivity index (χ2v) is 5.00. The Kier molecular flexibility index (Phi) is 4.92. The summed E-state index contributed by atoms with van der Waals surface area (Å²) in [6.45, 7) is 0.0417. The summed E-state index contributed by atoms with van der Waals surface area (Å²) in [5.41, 5.74) is 1.13. The average molecular weight is 320 g/mol. The Balaban J connectivity index is 2.21. The van der Waals surface area contributed by atoms with Gasteiger partial charge in [0.25, 0.3) is 0 Å². The van der Waals surface area contributed by atoms with Crippen molar-refractivity contribution in [2.75, 3.05) is 0 Å². The second kappa shape index (κ2) is 6.47. The minimum absolute atomic E-state index is 0.0417. The van der Waals surface area contributed by atoms with Gasteiger partial charge >= 0.3 is 0 Å². The van der Waals surface area contributed by atoms with Crippen molar-refractivity contribution >= 4 is 34.8 Å². The van der Waals surface area contributed by atoms with Crippen LogP contribution in [0, 0.1) is 5.82 Å². The van der Waals surface area contributed by atoms with Crippen LogP contribution in [0.4, 0.5) is 4.39 Å². The third kappa shape index (κ3) is 3.53. The molecule has 0 N–H and O–H groups in total. The quantitative estimate of drug-likeness (QED) is 0.681. The van der Waals surface area contributed by atoms with Gasteiger partial charge in [0.1, 0.15) is 18.2 Å². The number of ether oxygens (including phenoxy) is 1. The largest absolute Gasteiger partial charge is 0.487 e. The van der Waals surface area contributed by atoms with Crippen molar-refractivity contribution in [2.45, 2.75) is 12.5 Å². The molecule has 0 spiro atoms. The van der Waals surface area contributed by atoms with Crippen LogP contribution in [0.1, 0.15) is 11.1 Å². The topological polar surface area (TPSA) is 9.23 Å². The number of rotatable bonds is 4. The Morgan fingerprint density at radius 1 is 1.05 bits per heavy atom. The van der Waals surface area contributed by atoms with Gasteiger partial charge in [-0.2, -0.15) is 0 Å². The molecular formula is C14H10Cl3FO. The van der Waals surface area contributed by atoms with Gasteiger partial charge in [0.15, 0.2) is 0 Å². The van der Waals surface area contributed by atoms with Crippen LogP contribution in [0.15, 0.2) is 36.4 Å². The molecule has 2 rings (SSSR count). The van der Waals surface area contributed by atoms with E-state index in [1.165, 1.54) is 18.2 Å². The molecule has 0 saturated carbocycles. The molecule has 0 aliphatic carbocycles. The van der Waals surface area contributed by atoms with E-state index in [9.17, 15) is 4.39 Å². The number of hydrogen-bond donors (Lipinski definition) is 0. The standard InChI is InChI=1S/C14H10Cl3FO/c15-7-9-2-1-3-12(17)14(9)19-8-10-6-11(16)4-5-13(10)18/h1-6H,7-8H2. The van der Waals surface area contributed by atoms with Crippen molar-refractivity contribution in [3.05, 3.63) is 63.4 Å². The van der Waals surface area contributed by atoms with E-state index in [2.05, 4.69) is 0 Å². The molecule has 2 aromatic carbocycles. The van der Waals surface area contributed by atoms with E-state index in [0.29, 0.717) is 21.4 Å². The summed E-state index contributed by atoms with van der Waals surface area (Å²) >= 11 is 17.7. The summed E-state index contributed by atoms with van der Waals surface area (Å²) in [5.74, 6) is 0.371. The van der Waals surface area contributed by atoms with E-state index in [-0.39, 0.29) is 18.3 Å². The molecule has 0 fully saturated rings. The maximum Gasteiger partial charge on any atom is 0.142 e. The highest BCUT2D eigenvalue weighted by Crippen LogP contribution is 2.30. The van der Waals surface area contributed by atoms with Gasteiger partial charge in [-0.3, -0.25) is 0 Å². The first-order chi connectivity index (χ1) is 9.11. The first-order valence-corrected chi connectivity index (χ1v) is 6.81. The van der Waals surface area contributed by atoms with Gasteiger partial charge in [0.05, 0.1) is 10.9 Å². The molecule has 0 amide bonds. The summed E-state index contributed by atoms with van der Waals surface area (Å²) in [5, 5.41) is 0.900. The zero-order valence-corrected chi connectivity index (χ0v) is 12.1. The predicted octanol–water partition coefficient (Wildman–Crippen LogP) is 5.45. The lowest BCUT2D eigenvalue weighted by Gasteiger charge is -2.12. The van der Waals surface area contributed by atoms with Crippen molar-refractivity contribution in [1.29, 1.82) is 0 Å². The zero-order valence-electron chi connectivity index (χ0n) is 9.80. The second-order valence-electron chi connectivity index (χ2n) is 3.89. The van der Waals surface area contributed by atoms with E-state index in [1.807, 2.05) is 6.07 Å². The SMILES string of the molecule is Fc1ccc(Cl)cc1COc1c(Cl)cccc1CCl. The Morgan fingerprint density at radius 3 is 2.58 bits per heavy atom. The fraction of sp³-hybridized carbons (Fsp3) is 0.143. The zero-order chi connectivity index (χ0) is 13.8. The monoisotopic (exact) mass is 318 g/mol. The molecule has 0 bridgehead atoms. The molecule has 19 heavy (non-hydrogen) atoms. The summed E-state index contributed by atoms with van der Waals surface area (Å²) in [6, 6.07) is 9.60. The van der Waals surface area contributed by atoms with Crippen molar-refractivity contribution in [2.24, 2.45) is 0 Å². The van der Waals surface area contributed by atoms with Gasteiger partial charge in [0, 0.05) is 16.1 Å². The summed E-state index contributed by atoms with van der Waals surface area (Å²) in [4.78, 5) is 0. The molecule has 2 aromatic rings. The number of hydrogen-bond acceptors (Lipinski definition) is 1. The van der Waals surface area contributed by atoms with Crippen molar-refractivity contribution in [3.8, 4) is 5.75 Å².